The van der Waals surface area contributed by atoms with Gasteiger partial charge in [-0.1, -0.05) is 34.1 Å². The summed E-state index contributed by atoms with van der Waals surface area (Å²) in [5.41, 5.74) is 6.81. The molecular formula is C12H17BrN2O. The lowest BCUT2D eigenvalue weighted by Crippen LogP contribution is -2.27. The zero-order valence-electron chi connectivity index (χ0n) is 9.37. The molecule has 1 amide bonds. The van der Waals surface area contributed by atoms with Gasteiger partial charge in [-0.25, -0.2) is 0 Å². The number of hydrogen-bond donors (Lipinski definition) is 2. The van der Waals surface area contributed by atoms with Crippen LogP contribution in [-0.2, 0) is 4.79 Å². The van der Waals surface area contributed by atoms with Gasteiger partial charge in [0.1, 0.15) is 0 Å². The van der Waals surface area contributed by atoms with Crippen LogP contribution in [0, 0.1) is 0 Å². The molecule has 0 bridgehead atoms. The average molecular weight is 285 g/mol. The molecule has 1 aromatic carbocycles. The molecule has 88 valence electrons. The Bertz CT molecular complexity index is 355. The predicted molar refractivity (Wildman–Crippen MR) is 69.2 cm³/mol. The van der Waals surface area contributed by atoms with E-state index in [1.54, 1.807) is 0 Å². The molecule has 1 unspecified atom stereocenters. The molecule has 16 heavy (non-hydrogen) atoms. The monoisotopic (exact) mass is 284 g/mol. The summed E-state index contributed by atoms with van der Waals surface area (Å²) in [6.07, 6.45) is 0.437. The molecule has 0 saturated heterocycles. The smallest absolute Gasteiger partial charge is 0.220 e. The van der Waals surface area contributed by atoms with E-state index in [2.05, 4.69) is 21.2 Å². The Morgan fingerprint density at radius 2 is 2.19 bits per heavy atom. The number of halogens is 1. The van der Waals surface area contributed by atoms with E-state index in [1.807, 2.05) is 31.2 Å². The van der Waals surface area contributed by atoms with Crippen LogP contribution in [0.1, 0.15) is 24.8 Å². The fourth-order valence-corrected chi connectivity index (χ4v) is 2.23. The maximum absolute atomic E-state index is 11.5. The first kappa shape index (κ1) is 13.2. The molecular weight excluding hydrogens is 268 g/mol. The Kier molecular flexibility index (Phi) is 5.49. The number of nitrogens with two attached hydrogens (primary N) is 1. The van der Waals surface area contributed by atoms with Gasteiger partial charge in [-0.3, -0.25) is 4.79 Å². The zero-order chi connectivity index (χ0) is 12.0. The van der Waals surface area contributed by atoms with Crippen LogP contribution in [-0.4, -0.2) is 19.0 Å². The lowest BCUT2D eigenvalue weighted by molar-refractivity contribution is -0.121. The second-order valence-electron chi connectivity index (χ2n) is 3.61. The van der Waals surface area contributed by atoms with Crippen molar-refractivity contribution >= 4 is 21.8 Å². The molecule has 0 heterocycles. The molecule has 1 atom stereocenters. The lowest BCUT2D eigenvalue weighted by atomic mass is 9.95. The van der Waals surface area contributed by atoms with Crippen molar-refractivity contribution in [3.05, 3.63) is 34.3 Å². The second kappa shape index (κ2) is 6.66. The summed E-state index contributed by atoms with van der Waals surface area (Å²) in [4.78, 5) is 11.5. The maximum Gasteiger partial charge on any atom is 0.220 e. The van der Waals surface area contributed by atoms with Gasteiger partial charge < -0.3 is 11.1 Å². The Morgan fingerprint density at radius 1 is 1.50 bits per heavy atom. The minimum absolute atomic E-state index is 0.0497. The molecule has 0 aliphatic heterocycles. The van der Waals surface area contributed by atoms with E-state index in [0.29, 0.717) is 19.5 Å². The van der Waals surface area contributed by atoms with Crippen LogP contribution >= 0.6 is 15.9 Å². The van der Waals surface area contributed by atoms with E-state index in [-0.39, 0.29) is 11.8 Å². The van der Waals surface area contributed by atoms with Gasteiger partial charge in [0.2, 0.25) is 5.91 Å². The quantitative estimate of drug-likeness (QED) is 0.869. The summed E-state index contributed by atoms with van der Waals surface area (Å²) in [6, 6.07) is 7.88. The molecule has 0 radical (unpaired) electrons. The van der Waals surface area contributed by atoms with Crippen LogP contribution in [0.4, 0.5) is 0 Å². The number of carbonyl (C=O) groups excluding carboxylic acids is 1. The van der Waals surface area contributed by atoms with Crippen LogP contribution < -0.4 is 11.1 Å². The molecule has 0 aromatic heterocycles. The molecule has 0 aliphatic carbocycles. The molecule has 1 aromatic rings. The van der Waals surface area contributed by atoms with Gasteiger partial charge in [-0.2, -0.15) is 0 Å². The summed E-state index contributed by atoms with van der Waals surface area (Å²) < 4.78 is 1.01. The number of amides is 1. The largest absolute Gasteiger partial charge is 0.356 e. The van der Waals surface area contributed by atoms with E-state index < -0.39 is 0 Å². The Labute approximate surface area is 105 Å². The van der Waals surface area contributed by atoms with Crippen molar-refractivity contribution in [1.82, 2.24) is 5.32 Å². The van der Waals surface area contributed by atoms with Crippen LogP contribution in [0.5, 0.6) is 0 Å². The molecule has 0 aliphatic rings. The molecule has 1 rings (SSSR count). The first-order valence-corrected chi connectivity index (χ1v) is 6.19. The van der Waals surface area contributed by atoms with E-state index >= 15 is 0 Å². The summed E-state index contributed by atoms with van der Waals surface area (Å²) in [5.74, 6) is 0.121. The summed E-state index contributed by atoms with van der Waals surface area (Å²) in [7, 11) is 0. The van der Waals surface area contributed by atoms with Gasteiger partial charge >= 0.3 is 0 Å². The van der Waals surface area contributed by atoms with Crippen LogP contribution in [0.25, 0.3) is 0 Å². The molecule has 4 heteroatoms. The van der Waals surface area contributed by atoms with E-state index in [9.17, 15) is 4.79 Å². The highest BCUT2D eigenvalue weighted by molar-refractivity contribution is 9.10. The lowest BCUT2D eigenvalue weighted by Gasteiger charge is -2.16. The molecule has 0 fully saturated rings. The third kappa shape index (κ3) is 3.61. The van der Waals surface area contributed by atoms with Gasteiger partial charge in [0.15, 0.2) is 0 Å². The zero-order valence-corrected chi connectivity index (χ0v) is 11.0. The van der Waals surface area contributed by atoms with E-state index in [4.69, 9.17) is 5.73 Å². The predicted octanol–water partition coefficient (Wildman–Crippen LogP) is 2.02. The van der Waals surface area contributed by atoms with Crippen molar-refractivity contribution in [3.8, 4) is 0 Å². The average Bonchev–Trinajstić information content (AvgIpc) is 2.27. The van der Waals surface area contributed by atoms with Crippen molar-refractivity contribution < 1.29 is 4.79 Å². The third-order valence-electron chi connectivity index (χ3n) is 2.44. The third-order valence-corrected chi connectivity index (χ3v) is 3.16. The van der Waals surface area contributed by atoms with Crippen LogP contribution in [0.15, 0.2) is 28.7 Å². The van der Waals surface area contributed by atoms with Gasteiger partial charge in [0.05, 0.1) is 0 Å². The Hall–Kier alpha value is -0.870. The number of benzene rings is 1. The van der Waals surface area contributed by atoms with Crippen molar-refractivity contribution in [3.63, 3.8) is 0 Å². The van der Waals surface area contributed by atoms with Crippen molar-refractivity contribution in [1.29, 1.82) is 0 Å². The van der Waals surface area contributed by atoms with Gasteiger partial charge in [0, 0.05) is 23.4 Å². The number of nitrogens with one attached hydrogen (secondary N) is 1. The SMILES string of the molecule is CCNC(=O)CC(CN)c1ccccc1Br. The number of rotatable bonds is 5. The highest BCUT2D eigenvalue weighted by Crippen LogP contribution is 2.26. The fraction of sp³-hybridized carbons (Fsp3) is 0.417. The second-order valence-corrected chi connectivity index (χ2v) is 4.47. The van der Waals surface area contributed by atoms with Crippen molar-refractivity contribution in [2.75, 3.05) is 13.1 Å². The first-order chi connectivity index (χ1) is 7.69. The van der Waals surface area contributed by atoms with Crippen LogP contribution in [0.3, 0.4) is 0 Å². The Morgan fingerprint density at radius 3 is 2.75 bits per heavy atom. The van der Waals surface area contributed by atoms with Gasteiger partial charge in [0.25, 0.3) is 0 Å². The van der Waals surface area contributed by atoms with Gasteiger partial charge in [-0.05, 0) is 25.1 Å². The summed E-state index contributed by atoms with van der Waals surface area (Å²) in [6.45, 7) is 3.04. The standard InChI is InChI=1S/C12H17BrN2O/c1-2-15-12(16)7-9(8-14)10-5-3-4-6-11(10)13/h3-6,9H,2,7-8,14H2,1H3,(H,15,16). The van der Waals surface area contributed by atoms with Gasteiger partial charge in [-0.15, -0.1) is 0 Å². The number of hydrogen-bond acceptors (Lipinski definition) is 2. The van der Waals surface area contributed by atoms with Crippen molar-refractivity contribution in [2.24, 2.45) is 5.73 Å². The summed E-state index contributed by atoms with van der Waals surface area (Å²) >= 11 is 3.48. The van der Waals surface area contributed by atoms with Crippen molar-refractivity contribution in [2.45, 2.75) is 19.3 Å². The molecule has 3 nitrogen and oxygen atoms in total. The highest BCUT2D eigenvalue weighted by atomic mass is 79.9. The molecule has 0 saturated carbocycles. The molecule has 3 N–H and O–H groups in total. The van der Waals surface area contributed by atoms with Crippen LogP contribution in [0.2, 0.25) is 0 Å². The fourth-order valence-electron chi connectivity index (χ4n) is 1.62. The number of carbonyl (C=O) groups is 1. The Balaban J connectivity index is 2.75. The van der Waals surface area contributed by atoms with E-state index in [1.165, 1.54) is 0 Å². The first-order valence-electron chi connectivity index (χ1n) is 5.40. The summed E-state index contributed by atoms with van der Waals surface area (Å²) in [5, 5.41) is 2.79. The minimum atomic E-state index is 0.0497. The highest BCUT2D eigenvalue weighted by Gasteiger charge is 2.16. The van der Waals surface area contributed by atoms with E-state index in [0.717, 1.165) is 10.0 Å². The normalized spacial score (nSPS) is 12.2. The topological polar surface area (TPSA) is 55.1 Å². The molecule has 0 spiro atoms. The minimum Gasteiger partial charge on any atom is -0.356 e. The maximum atomic E-state index is 11.5.